The van der Waals surface area contributed by atoms with Gasteiger partial charge in [-0.1, -0.05) is 25.5 Å². The molecule has 0 spiro atoms. The molecule has 1 fully saturated rings. The van der Waals surface area contributed by atoms with Gasteiger partial charge in [0.15, 0.2) is 0 Å². The van der Waals surface area contributed by atoms with Crippen LogP contribution in [0, 0.1) is 5.92 Å². The molecule has 4 nitrogen and oxygen atoms in total. The summed E-state index contributed by atoms with van der Waals surface area (Å²) < 4.78 is 0. The molecule has 0 saturated heterocycles. The Hall–Kier alpha value is -1.39. The van der Waals surface area contributed by atoms with Gasteiger partial charge >= 0.3 is 0 Å². The zero-order chi connectivity index (χ0) is 15.1. The number of aliphatic hydroxyl groups excluding tert-OH is 1. The van der Waals surface area contributed by atoms with E-state index in [1.54, 1.807) is 0 Å². The second kappa shape index (κ2) is 8.15. The number of hydrogen-bond donors (Lipinski definition) is 3. The van der Waals surface area contributed by atoms with Crippen molar-refractivity contribution in [2.45, 2.75) is 45.1 Å². The van der Waals surface area contributed by atoms with Crippen LogP contribution in [0.5, 0.6) is 0 Å². The summed E-state index contributed by atoms with van der Waals surface area (Å²) in [6, 6.07) is 7.51. The lowest BCUT2D eigenvalue weighted by molar-refractivity contribution is -0.117. The standard InChI is InChI=1S/C17H26N2O2/c1-2-3-11-18-12-10-16(20)13-6-8-15(9-7-13)19-17(21)14-4-5-14/h6-9,14,16,18,20H,2-5,10-12H2,1H3,(H,19,21). The van der Waals surface area contributed by atoms with Gasteiger partial charge in [0.1, 0.15) is 0 Å². The van der Waals surface area contributed by atoms with E-state index in [0.29, 0.717) is 6.42 Å². The summed E-state index contributed by atoms with van der Waals surface area (Å²) in [5.74, 6) is 0.327. The summed E-state index contributed by atoms with van der Waals surface area (Å²) in [5.41, 5.74) is 1.71. The number of carbonyl (C=O) groups is 1. The molecule has 3 N–H and O–H groups in total. The lowest BCUT2D eigenvalue weighted by Gasteiger charge is -2.12. The number of benzene rings is 1. The SMILES string of the molecule is CCCCNCCC(O)c1ccc(NC(=O)C2CC2)cc1. The maximum Gasteiger partial charge on any atom is 0.227 e. The maximum absolute atomic E-state index is 11.7. The number of aliphatic hydroxyl groups is 1. The van der Waals surface area contributed by atoms with Crippen molar-refractivity contribution in [3.8, 4) is 0 Å². The van der Waals surface area contributed by atoms with E-state index in [1.807, 2.05) is 24.3 Å². The van der Waals surface area contributed by atoms with Crippen molar-refractivity contribution >= 4 is 11.6 Å². The van der Waals surface area contributed by atoms with Gasteiger partial charge < -0.3 is 15.7 Å². The van der Waals surface area contributed by atoms with Gasteiger partial charge in [0.05, 0.1) is 6.10 Å². The number of carbonyl (C=O) groups excluding carboxylic acids is 1. The second-order valence-electron chi connectivity index (χ2n) is 5.79. The fraction of sp³-hybridized carbons (Fsp3) is 0.588. The van der Waals surface area contributed by atoms with Gasteiger partial charge in [0, 0.05) is 11.6 Å². The van der Waals surface area contributed by atoms with Crippen LogP contribution in [0.2, 0.25) is 0 Å². The third-order valence-corrected chi connectivity index (χ3v) is 3.81. The quantitative estimate of drug-likeness (QED) is 0.613. The molecule has 1 unspecified atom stereocenters. The van der Waals surface area contributed by atoms with Crippen molar-refractivity contribution in [3.05, 3.63) is 29.8 Å². The summed E-state index contributed by atoms with van der Waals surface area (Å²) >= 11 is 0. The average molecular weight is 290 g/mol. The molecular weight excluding hydrogens is 264 g/mol. The Balaban J connectivity index is 1.73. The van der Waals surface area contributed by atoms with E-state index in [1.165, 1.54) is 12.8 Å². The molecule has 1 amide bonds. The minimum Gasteiger partial charge on any atom is -0.388 e. The van der Waals surface area contributed by atoms with E-state index < -0.39 is 6.10 Å². The Labute approximate surface area is 126 Å². The van der Waals surface area contributed by atoms with Crippen molar-refractivity contribution in [2.24, 2.45) is 5.92 Å². The summed E-state index contributed by atoms with van der Waals surface area (Å²) in [6.45, 7) is 4.00. The number of nitrogens with one attached hydrogen (secondary N) is 2. The summed E-state index contributed by atoms with van der Waals surface area (Å²) in [4.78, 5) is 11.7. The van der Waals surface area contributed by atoms with Gasteiger partial charge in [0.25, 0.3) is 0 Å². The minimum absolute atomic E-state index is 0.114. The van der Waals surface area contributed by atoms with Gasteiger partial charge in [-0.05, 0) is 56.5 Å². The molecule has 21 heavy (non-hydrogen) atoms. The maximum atomic E-state index is 11.7. The van der Waals surface area contributed by atoms with Gasteiger partial charge in [-0.3, -0.25) is 4.79 Å². The van der Waals surface area contributed by atoms with Crippen LogP contribution >= 0.6 is 0 Å². The van der Waals surface area contributed by atoms with Crippen LogP contribution in [0.1, 0.15) is 50.7 Å². The molecule has 1 aliphatic carbocycles. The smallest absolute Gasteiger partial charge is 0.227 e. The number of rotatable bonds is 9. The molecule has 1 aliphatic rings. The Morgan fingerprint density at radius 3 is 2.62 bits per heavy atom. The fourth-order valence-corrected chi connectivity index (χ4v) is 2.21. The van der Waals surface area contributed by atoms with E-state index >= 15 is 0 Å². The number of anilines is 1. The Morgan fingerprint density at radius 1 is 1.29 bits per heavy atom. The van der Waals surface area contributed by atoms with Gasteiger partial charge in [-0.15, -0.1) is 0 Å². The highest BCUT2D eigenvalue weighted by atomic mass is 16.3. The van der Waals surface area contributed by atoms with Crippen LogP contribution in [0.4, 0.5) is 5.69 Å². The normalized spacial score (nSPS) is 15.7. The molecule has 1 saturated carbocycles. The largest absolute Gasteiger partial charge is 0.388 e. The third-order valence-electron chi connectivity index (χ3n) is 3.81. The van der Waals surface area contributed by atoms with Crippen molar-refractivity contribution in [3.63, 3.8) is 0 Å². The van der Waals surface area contributed by atoms with Crippen molar-refractivity contribution < 1.29 is 9.90 Å². The van der Waals surface area contributed by atoms with Crippen LogP contribution in [-0.2, 0) is 4.79 Å². The zero-order valence-electron chi connectivity index (χ0n) is 12.8. The first-order valence-corrected chi connectivity index (χ1v) is 8.00. The number of hydrogen-bond acceptors (Lipinski definition) is 3. The van der Waals surface area contributed by atoms with E-state index in [-0.39, 0.29) is 11.8 Å². The Kier molecular flexibility index (Phi) is 6.21. The van der Waals surface area contributed by atoms with E-state index in [2.05, 4.69) is 17.6 Å². The van der Waals surface area contributed by atoms with Crippen LogP contribution in [-0.4, -0.2) is 24.1 Å². The molecule has 1 atom stereocenters. The monoisotopic (exact) mass is 290 g/mol. The van der Waals surface area contributed by atoms with Crippen LogP contribution in [0.3, 0.4) is 0 Å². The molecule has 1 aromatic rings. The highest BCUT2D eigenvalue weighted by Crippen LogP contribution is 2.30. The molecular formula is C17H26N2O2. The summed E-state index contributed by atoms with van der Waals surface area (Å²) in [6.07, 6.45) is 4.63. The van der Waals surface area contributed by atoms with Crippen LogP contribution < -0.4 is 10.6 Å². The lowest BCUT2D eigenvalue weighted by Crippen LogP contribution is -2.18. The van der Waals surface area contributed by atoms with Crippen molar-refractivity contribution in [1.82, 2.24) is 5.32 Å². The molecule has 1 aromatic carbocycles. The van der Waals surface area contributed by atoms with Gasteiger partial charge in [-0.2, -0.15) is 0 Å². The molecule has 0 aliphatic heterocycles. The summed E-state index contributed by atoms with van der Waals surface area (Å²) in [5, 5.41) is 16.4. The first-order valence-electron chi connectivity index (χ1n) is 8.00. The van der Waals surface area contributed by atoms with E-state index in [4.69, 9.17) is 0 Å². The number of amides is 1. The minimum atomic E-state index is -0.452. The van der Waals surface area contributed by atoms with E-state index in [9.17, 15) is 9.90 Å². The van der Waals surface area contributed by atoms with Gasteiger partial charge in [0.2, 0.25) is 5.91 Å². The Morgan fingerprint density at radius 2 is 2.00 bits per heavy atom. The first-order chi connectivity index (χ1) is 10.2. The van der Waals surface area contributed by atoms with Gasteiger partial charge in [-0.25, -0.2) is 0 Å². The highest BCUT2D eigenvalue weighted by molar-refractivity contribution is 5.93. The zero-order valence-corrected chi connectivity index (χ0v) is 12.8. The fourth-order valence-electron chi connectivity index (χ4n) is 2.21. The predicted octanol–water partition coefficient (Wildman–Crippen LogP) is 2.85. The number of unbranched alkanes of at least 4 members (excludes halogenated alkanes) is 1. The topological polar surface area (TPSA) is 61.4 Å². The molecule has 0 bridgehead atoms. The molecule has 116 valence electrons. The van der Waals surface area contributed by atoms with Crippen LogP contribution in [0.25, 0.3) is 0 Å². The molecule has 2 rings (SSSR count). The Bertz CT molecular complexity index is 441. The molecule has 0 heterocycles. The molecule has 0 aromatic heterocycles. The highest BCUT2D eigenvalue weighted by Gasteiger charge is 2.29. The van der Waals surface area contributed by atoms with Crippen LogP contribution in [0.15, 0.2) is 24.3 Å². The van der Waals surface area contributed by atoms with Crippen molar-refractivity contribution in [2.75, 3.05) is 18.4 Å². The average Bonchev–Trinajstić information content (AvgIpc) is 3.32. The molecule has 0 radical (unpaired) electrons. The predicted molar refractivity (Wildman–Crippen MR) is 85.2 cm³/mol. The summed E-state index contributed by atoms with van der Waals surface area (Å²) in [7, 11) is 0. The van der Waals surface area contributed by atoms with E-state index in [0.717, 1.165) is 37.2 Å². The first kappa shape index (κ1) is 16.0. The molecule has 4 heteroatoms. The lowest BCUT2D eigenvalue weighted by atomic mass is 10.1. The van der Waals surface area contributed by atoms with Crippen molar-refractivity contribution in [1.29, 1.82) is 0 Å². The second-order valence-corrected chi connectivity index (χ2v) is 5.79. The third kappa shape index (κ3) is 5.48.